The number of nitrogens with one attached hydrogen (secondary N) is 1. The van der Waals surface area contributed by atoms with Crippen LogP contribution in [0.15, 0.2) is 41.6 Å². The summed E-state index contributed by atoms with van der Waals surface area (Å²) >= 11 is 0. The van der Waals surface area contributed by atoms with Crippen LogP contribution in [-0.2, 0) is 10.0 Å². The maximum absolute atomic E-state index is 11.6. The van der Waals surface area contributed by atoms with E-state index in [2.05, 4.69) is 48.9 Å². The van der Waals surface area contributed by atoms with E-state index in [-0.39, 0.29) is 4.90 Å². The maximum Gasteiger partial charge on any atom is 0.238 e. The number of likely N-dealkylation sites (N-methyl/N-ethyl adjacent to an activating group) is 1. The molecule has 0 atom stereocenters. The third kappa shape index (κ3) is 4.74. The van der Waals surface area contributed by atoms with Crippen molar-refractivity contribution < 1.29 is 8.42 Å². The Labute approximate surface area is 181 Å². The summed E-state index contributed by atoms with van der Waals surface area (Å²) in [5.74, 6) is 6.96. The summed E-state index contributed by atoms with van der Waals surface area (Å²) in [5, 5.41) is 12.6. The standard InChI is InChI=1S/C21H23N7O2S/c1-15-18(7-6-16-4-3-5-17(12-16)31(22,29)30)21(26-25-15)19-13-20(24-14-23-19)28-10-8-27(2)9-11-28/h3-5,12-14H,8-11H2,1-2H3,(H,25,26)(H2,22,29,30). The van der Waals surface area contributed by atoms with Crippen LogP contribution in [0.1, 0.15) is 16.8 Å². The van der Waals surface area contributed by atoms with Gasteiger partial charge in [-0.25, -0.2) is 23.5 Å². The van der Waals surface area contributed by atoms with E-state index in [0.717, 1.165) is 37.7 Å². The van der Waals surface area contributed by atoms with Gasteiger partial charge in [-0.3, -0.25) is 5.10 Å². The molecular weight excluding hydrogens is 414 g/mol. The molecule has 2 aromatic heterocycles. The molecule has 1 aliphatic rings. The zero-order chi connectivity index (χ0) is 22.0. The molecule has 1 saturated heterocycles. The van der Waals surface area contributed by atoms with E-state index in [4.69, 9.17) is 5.14 Å². The molecular formula is C21H23N7O2S. The Bertz CT molecular complexity index is 1270. The van der Waals surface area contributed by atoms with Gasteiger partial charge in [0.1, 0.15) is 17.8 Å². The lowest BCUT2D eigenvalue weighted by Gasteiger charge is -2.33. The van der Waals surface area contributed by atoms with E-state index >= 15 is 0 Å². The van der Waals surface area contributed by atoms with Gasteiger partial charge in [0.05, 0.1) is 16.2 Å². The zero-order valence-corrected chi connectivity index (χ0v) is 18.1. The first kappa shape index (κ1) is 21.0. The predicted molar refractivity (Wildman–Crippen MR) is 118 cm³/mol. The average molecular weight is 438 g/mol. The van der Waals surface area contributed by atoms with Crippen molar-refractivity contribution in [3.8, 4) is 23.2 Å². The van der Waals surface area contributed by atoms with Gasteiger partial charge in [0.15, 0.2) is 0 Å². The monoisotopic (exact) mass is 437 g/mol. The Balaban J connectivity index is 1.66. The van der Waals surface area contributed by atoms with Crippen molar-refractivity contribution in [3.63, 3.8) is 0 Å². The Morgan fingerprint density at radius 1 is 1.10 bits per heavy atom. The molecule has 0 aliphatic carbocycles. The topological polar surface area (TPSA) is 121 Å². The Hall–Kier alpha value is -3.26. The summed E-state index contributed by atoms with van der Waals surface area (Å²) in [6, 6.07) is 8.16. The van der Waals surface area contributed by atoms with Crippen molar-refractivity contribution >= 4 is 15.8 Å². The van der Waals surface area contributed by atoms with E-state index in [1.807, 2.05) is 13.0 Å². The molecule has 1 fully saturated rings. The fourth-order valence-electron chi connectivity index (χ4n) is 3.34. The minimum absolute atomic E-state index is 0.0241. The first-order valence-corrected chi connectivity index (χ1v) is 11.3. The average Bonchev–Trinajstić information content (AvgIpc) is 3.13. The molecule has 0 radical (unpaired) electrons. The first-order valence-electron chi connectivity index (χ1n) is 9.77. The number of anilines is 1. The summed E-state index contributed by atoms with van der Waals surface area (Å²) in [4.78, 5) is 13.4. The molecule has 9 nitrogen and oxygen atoms in total. The van der Waals surface area contributed by atoms with Crippen molar-refractivity contribution in [2.45, 2.75) is 11.8 Å². The SMILES string of the molecule is Cc1[nH]nc(-c2cc(N3CCN(C)CC3)ncn2)c1C#Cc1cccc(S(N)(=O)=O)c1. The minimum atomic E-state index is -3.79. The van der Waals surface area contributed by atoms with E-state index in [0.29, 0.717) is 22.5 Å². The van der Waals surface area contributed by atoms with Crippen LogP contribution in [-0.4, -0.2) is 66.7 Å². The maximum atomic E-state index is 11.6. The number of rotatable bonds is 3. The Morgan fingerprint density at radius 2 is 1.87 bits per heavy atom. The van der Waals surface area contributed by atoms with Gasteiger partial charge >= 0.3 is 0 Å². The molecule has 4 rings (SSSR count). The lowest BCUT2D eigenvalue weighted by molar-refractivity contribution is 0.312. The quantitative estimate of drug-likeness (QED) is 0.586. The van der Waals surface area contributed by atoms with E-state index in [1.165, 1.54) is 12.1 Å². The molecule has 1 aliphatic heterocycles. The van der Waals surface area contributed by atoms with Crippen molar-refractivity contribution in [1.29, 1.82) is 0 Å². The third-order valence-corrected chi connectivity index (χ3v) is 6.08. The van der Waals surface area contributed by atoms with Crippen molar-refractivity contribution in [1.82, 2.24) is 25.1 Å². The number of piperazine rings is 1. The van der Waals surface area contributed by atoms with Gasteiger partial charge in [0.2, 0.25) is 10.0 Å². The highest BCUT2D eigenvalue weighted by atomic mass is 32.2. The van der Waals surface area contributed by atoms with Gasteiger partial charge in [-0.15, -0.1) is 0 Å². The molecule has 1 aromatic carbocycles. The second-order valence-electron chi connectivity index (χ2n) is 7.45. The summed E-state index contributed by atoms with van der Waals surface area (Å²) < 4.78 is 23.2. The number of aromatic nitrogens is 4. The number of benzene rings is 1. The van der Waals surface area contributed by atoms with Gasteiger partial charge in [0.25, 0.3) is 0 Å². The molecule has 3 aromatic rings. The van der Waals surface area contributed by atoms with Crippen LogP contribution in [0.4, 0.5) is 5.82 Å². The Morgan fingerprint density at radius 3 is 2.61 bits per heavy atom. The molecule has 3 heterocycles. The fourth-order valence-corrected chi connectivity index (χ4v) is 3.90. The van der Waals surface area contributed by atoms with Gasteiger partial charge < -0.3 is 9.80 Å². The van der Waals surface area contributed by atoms with Crippen molar-refractivity contribution in [2.24, 2.45) is 5.14 Å². The largest absolute Gasteiger partial charge is 0.354 e. The minimum Gasteiger partial charge on any atom is -0.354 e. The number of hydrogen-bond donors (Lipinski definition) is 2. The summed E-state index contributed by atoms with van der Waals surface area (Å²) in [6.45, 7) is 5.65. The van der Waals surface area contributed by atoms with E-state index in [9.17, 15) is 8.42 Å². The molecule has 3 N–H and O–H groups in total. The lowest BCUT2D eigenvalue weighted by Crippen LogP contribution is -2.44. The van der Waals surface area contributed by atoms with Gasteiger partial charge in [-0.05, 0) is 32.2 Å². The molecule has 0 unspecified atom stereocenters. The second-order valence-corrected chi connectivity index (χ2v) is 9.01. The van der Waals surface area contributed by atoms with Crippen LogP contribution in [0.25, 0.3) is 11.4 Å². The normalized spacial score (nSPS) is 14.9. The number of primary sulfonamides is 1. The molecule has 0 spiro atoms. The highest BCUT2D eigenvalue weighted by molar-refractivity contribution is 7.89. The lowest BCUT2D eigenvalue weighted by atomic mass is 10.1. The number of nitrogens with zero attached hydrogens (tertiary/aromatic N) is 5. The predicted octanol–water partition coefficient (Wildman–Crippen LogP) is 0.974. The van der Waals surface area contributed by atoms with Gasteiger partial charge in [-0.2, -0.15) is 5.10 Å². The van der Waals surface area contributed by atoms with Crippen LogP contribution < -0.4 is 10.0 Å². The third-order valence-electron chi connectivity index (χ3n) is 5.16. The van der Waals surface area contributed by atoms with E-state index < -0.39 is 10.0 Å². The molecule has 0 amide bonds. The highest BCUT2D eigenvalue weighted by Gasteiger charge is 2.18. The van der Waals surface area contributed by atoms with Crippen LogP contribution in [0.5, 0.6) is 0 Å². The van der Waals surface area contributed by atoms with Crippen molar-refractivity contribution in [2.75, 3.05) is 38.1 Å². The first-order chi connectivity index (χ1) is 14.8. The second kappa shape index (κ2) is 8.47. The fraction of sp³-hybridized carbons (Fsp3) is 0.286. The smallest absolute Gasteiger partial charge is 0.238 e. The summed E-state index contributed by atoms with van der Waals surface area (Å²) in [6.07, 6.45) is 1.54. The number of H-pyrrole nitrogens is 1. The molecule has 160 valence electrons. The highest BCUT2D eigenvalue weighted by Crippen LogP contribution is 2.24. The number of sulfonamides is 1. The van der Waals surface area contributed by atoms with Crippen LogP contribution >= 0.6 is 0 Å². The summed E-state index contributed by atoms with van der Waals surface area (Å²) in [5.41, 5.74) is 3.34. The molecule has 0 saturated carbocycles. The van der Waals surface area contributed by atoms with Gasteiger partial charge in [0, 0.05) is 43.5 Å². The van der Waals surface area contributed by atoms with Crippen LogP contribution in [0.3, 0.4) is 0 Å². The number of aromatic amines is 1. The molecule has 31 heavy (non-hydrogen) atoms. The molecule has 10 heteroatoms. The zero-order valence-electron chi connectivity index (χ0n) is 17.3. The number of aryl methyl sites for hydroxylation is 1. The van der Waals surface area contributed by atoms with E-state index in [1.54, 1.807) is 18.5 Å². The van der Waals surface area contributed by atoms with Crippen molar-refractivity contribution in [3.05, 3.63) is 53.5 Å². The Kier molecular flexibility index (Phi) is 5.73. The molecule has 0 bridgehead atoms. The van der Waals surface area contributed by atoms with Gasteiger partial charge in [-0.1, -0.05) is 17.9 Å². The number of hydrogen-bond acceptors (Lipinski definition) is 7. The number of nitrogens with two attached hydrogens (primary N) is 1. The van der Waals surface area contributed by atoms with Crippen LogP contribution in [0.2, 0.25) is 0 Å². The van der Waals surface area contributed by atoms with Crippen LogP contribution in [0, 0.1) is 18.8 Å². The summed E-state index contributed by atoms with van der Waals surface area (Å²) in [7, 11) is -1.68.